The topological polar surface area (TPSA) is 133 Å². The van der Waals surface area contributed by atoms with Crippen LogP contribution >= 0.6 is 0 Å². The molecule has 2 amide bonds. The Balaban J connectivity index is 1.17. The van der Waals surface area contributed by atoms with Gasteiger partial charge in [-0.05, 0) is 49.4 Å². The molecule has 2 saturated carbocycles. The zero-order chi connectivity index (χ0) is 21.4. The number of hydrogen-bond donors (Lipinski definition) is 4. The molecule has 0 aromatic heterocycles. The number of carbonyl (C=O) groups is 4. The molecule has 4 bridgehead atoms. The first-order valence-electron chi connectivity index (χ1n) is 10.8. The molecule has 0 saturated heterocycles. The Kier molecular flexibility index (Phi) is 5.66. The fraction of sp³-hybridized carbons (Fsp3) is 0.636. The van der Waals surface area contributed by atoms with Gasteiger partial charge in [0.1, 0.15) is 0 Å². The summed E-state index contributed by atoms with van der Waals surface area (Å²) in [6.07, 6.45) is 10.5. The number of unbranched alkanes of at least 4 members (excludes halogenated alkanes) is 1. The zero-order valence-corrected chi connectivity index (χ0v) is 16.7. The minimum absolute atomic E-state index is 0.00774. The molecule has 8 nitrogen and oxygen atoms in total. The SMILES string of the molecule is O=C(NCCCCNC(=O)[C@@H]1[C@H](C(=O)O)[C@H]2C=C[C@H]1C2)[C@@H]1[C@H](C(=O)O)[C@H]2C=C[C@H]1C2. The number of carboxylic acids is 2. The summed E-state index contributed by atoms with van der Waals surface area (Å²) in [6.45, 7) is 0.848. The molecule has 8 heteroatoms. The second-order valence-electron chi connectivity index (χ2n) is 8.97. The Morgan fingerprint density at radius 1 is 0.633 bits per heavy atom. The predicted octanol–water partition coefficient (Wildman–Crippen LogP) is 1.04. The number of carboxylic acid groups (broad SMARTS) is 2. The highest BCUT2D eigenvalue weighted by Gasteiger charge is 2.52. The molecule has 0 radical (unpaired) electrons. The molecule has 4 rings (SSSR count). The summed E-state index contributed by atoms with van der Waals surface area (Å²) in [5, 5.41) is 24.6. The molecule has 0 aliphatic heterocycles. The van der Waals surface area contributed by atoms with Gasteiger partial charge in [0.15, 0.2) is 0 Å². The van der Waals surface area contributed by atoms with Gasteiger partial charge in [-0.25, -0.2) is 0 Å². The van der Waals surface area contributed by atoms with Crippen LogP contribution in [0.15, 0.2) is 24.3 Å². The standard InChI is InChI=1S/C22H28N2O6/c25-19(15-11-3-5-13(9-11)17(15)21(27)28)23-7-1-2-8-24-20(26)16-12-4-6-14(10-12)18(16)22(29)30/h3-6,11-18H,1-2,7-10H2,(H,23,25)(H,24,26)(H,27,28)(H,29,30)/t11-,12-,13-,14-,15-,16-,17+,18+/m0/s1. The summed E-state index contributed by atoms with van der Waals surface area (Å²) in [7, 11) is 0. The van der Waals surface area contributed by atoms with Crippen LogP contribution in [0.3, 0.4) is 0 Å². The quantitative estimate of drug-likeness (QED) is 0.328. The Morgan fingerprint density at radius 2 is 0.967 bits per heavy atom. The summed E-state index contributed by atoms with van der Waals surface area (Å²) in [5.74, 6) is -4.61. The number of allylic oxidation sites excluding steroid dienone is 4. The van der Waals surface area contributed by atoms with Gasteiger partial charge in [-0.1, -0.05) is 24.3 Å². The number of rotatable bonds is 9. The molecule has 0 aromatic rings. The molecule has 2 fully saturated rings. The van der Waals surface area contributed by atoms with Crippen LogP contribution in [0.4, 0.5) is 0 Å². The van der Waals surface area contributed by atoms with Crippen molar-refractivity contribution in [1.82, 2.24) is 10.6 Å². The van der Waals surface area contributed by atoms with E-state index < -0.39 is 35.6 Å². The fourth-order valence-corrected chi connectivity index (χ4v) is 5.94. The molecule has 4 N–H and O–H groups in total. The lowest BCUT2D eigenvalue weighted by Crippen LogP contribution is -2.41. The number of amides is 2. The Hall–Kier alpha value is -2.64. The third-order valence-electron chi connectivity index (χ3n) is 7.30. The molecule has 0 aromatic carbocycles. The first-order chi connectivity index (χ1) is 14.4. The normalized spacial score (nSPS) is 37.5. The Bertz CT molecular complexity index is 739. The number of fused-ring (bicyclic) bond motifs is 4. The van der Waals surface area contributed by atoms with E-state index in [0.717, 1.165) is 12.8 Å². The van der Waals surface area contributed by atoms with Gasteiger partial charge in [-0.15, -0.1) is 0 Å². The van der Waals surface area contributed by atoms with E-state index in [1.54, 1.807) is 0 Å². The molecular formula is C22H28N2O6. The number of carbonyl (C=O) groups excluding carboxylic acids is 2. The maximum Gasteiger partial charge on any atom is 0.307 e. The minimum atomic E-state index is -0.912. The maximum absolute atomic E-state index is 12.5. The van der Waals surface area contributed by atoms with Gasteiger partial charge in [-0.2, -0.15) is 0 Å². The third-order valence-corrected chi connectivity index (χ3v) is 7.30. The summed E-state index contributed by atoms with van der Waals surface area (Å²) in [4.78, 5) is 48.0. The van der Waals surface area contributed by atoms with E-state index in [1.165, 1.54) is 0 Å². The highest BCUT2D eigenvalue weighted by atomic mass is 16.4. The van der Waals surface area contributed by atoms with Crippen molar-refractivity contribution in [3.05, 3.63) is 24.3 Å². The molecule has 4 aliphatic carbocycles. The van der Waals surface area contributed by atoms with Crippen LogP contribution in [0.1, 0.15) is 25.7 Å². The Labute approximate surface area is 174 Å². The van der Waals surface area contributed by atoms with Crippen LogP contribution in [-0.2, 0) is 19.2 Å². The van der Waals surface area contributed by atoms with Crippen molar-refractivity contribution in [1.29, 1.82) is 0 Å². The molecular weight excluding hydrogens is 388 g/mol. The van der Waals surface area contributed by atoms with Gasteiger partial charge in [0.25, 0.3) is 0 Å². The molecule has 8 atom stereocenters. The van der Waals surface area contributed by atoms with Crippen molar-refractivity contribution in [2.45, 2.75) is 25.7 Å². The van der Waals surface area contributed by atoms with E-state index >= 15 is 0 Å². The summed E-state index contributed by atoms with van der Waals surface area (Å²) < 4.78 is 0. The maximum atomic E-state index is 12.5. The van der Waals surface area contributed by atoms with Gasteiger partial charge >= 0.3 is 11.9 Å². The summed E-state index contributed by atoms with van der Waals surface area (Å²) >= 11 is 0. The van der Waals surface area contributed by atoms with Gasteiger partial charge < -0.3 is 20.8 Å². The average Bonchev–Trinajstić information content (AvgIpc) is 3.48. The number of hydrogen-bond acceptors (Lipinski definition) is 4. The first-order valence-corrected chi connectivity index (χ1v) is 10.8. The summed E-state index contributed by atoms with van der Waals surface area (Å²) in [5.41, 5.74) is 0. The van der Waals surface area contributed by atoms with Gasteiger partial charge in [0.05, 0.1) is 23.7 Å². The lowest BCUT2D eigenvalue weighted by molar-refractivity contribution is -0.148. The smallest absolute Gasteiger partial charge is 0.307 e. The number of nitrogens with one attached hydrogen (secondary N) is 2. The van der Waals surface area contributed by atoms with Gasteiger partial charge in [0.2, 0.25) is 11.8 Å². The van der Waals surface area contributed by atoms with E-state index in [-0.39, 0.29) is 35.5 Å². The van der Waals surface area contributed by atoms with Crippen molar-refractivity contribution in [2.75, 3.05) is 13.1 Å². The van der Waals surface area contributed by atoms with Crippen molar-refractivity contribution in [3.63, 3.8) is 0 Å². The van der Waals surface area contributed by atoms with Gasteiger partial charge in [-0.3, -0.25) is 19.2 Å². The van der Waals surface area contributed by atoms with E-state index in [4.69, 9.17) is 0 Å². The largest absolute Gasteiger partial charge is 0.481 e. The fourth-order valence-electron chi connectivity index (χ4n) is 5.94. The molecule has 30 heavy (non-hydrogen) atoms. The van der Waals surface area contributed by atoms with E-state index in [9.17, 15) is 29.4 Å². The highest BCUT2D eigenvalue weighted by Crippen LogP contribution is 2.49. The van der Waals surface area contributed by atoms with Crippen LogP contribution in [-0.4, -0.2) is 47.1 Å². The zero-order valence-electron chi connectivity index (χ0n) is 16.7. The van der Waals surface area contributed by atoms with Crippen LogP contribution in [0.25, 0.3) is 0 Å². The predicted molar refractivity (Wildman–Crippen MR) is 106 cm³/mol. The third kappa shape index (κ3) is 3.63. The van der Waals surface area contributed by atoms with Crippen LogP contribution < -0.4 is 10.6 Å². The van der Waals surface area contributed by atoms with E-state index in [1.807, 2.05) is 24.3 Å². The molecule has 0 heterocycles. The lowest BCUT2D eigenvalue weighted by atomic mass is 9.82. The molecule has 0 unspecified atom stereocenters. The molecule has 0 spiro atoms. The Morgan fingerprint density at radius 3 is 1.30 bits per heavy atom. The van der Waals surface area contributed by atoms with E-state index in [2.05, 4.69) is 10.6 Å². The molecule has 162 valence electrons. The van der Waals surface area contributed by atoms with Crippen LogP contribution in [0.2, 0.25) is 0 Å². The van der Waals surface area contributed by atoms with Crippen molar-refractivity contribution in [3.8, 4) is 0 Å². The van der Waals surface area contributed by atoms with Crippen LogP contribution in [0, 0.1) is 47.3 Å². The average molecular weight is 416 g/mol. The minimum Gasteiger partial charge on any atom is -0.481 e. The monoisotopic (exact) mass is 416 g/mol. The van der Waals surface area contributed by atoms with Crippen molar-refractivity contribution in [2.24, 2.45) is 47.3 Å². The number of aliphatic carboxylic acids is 2. The first kappa shape index (κ1) is 20.6. The summed E-state index contributed by atoms with van der Waals surface area (Å²) in [6, 6.07) is 0. The van der Waals surface area contributed by atoms with Gasteiger partial charge in [0, 0.05) is 13.1 Å². The second-order valence-corrected chi connectivity index (χ2v) is 8.97. The second kappa shape index (κ2) is 8.24. The van der Waals surface area contributed by atoms with E-state index in [0.29, 0.717) is 25.9 Å². The highest BCUT2D eigenvalue weighted by molar-refractivity contribution is 5.87. The molecule has 4 aliphatic rings. The van der Waals surface area contributed by atoms with Crippen LogP contribution in [0.5, 0.6) is 0 Å². The van der Waals surface area contributed by atoms with Crippen molar-refractivity contribution >= 4 is 23.8 Å². The van der Waals surface area contributed by atoms with Crippen molar-refractivity contribution < 1.29 is 29.4 Å². The lowest BCUT2D eigenvalue weighted by Gasteiger charge is -2.24.